The number of ether oxygens (including phenoxy) is 2. The van der Waals surface area contributed by atoms with Gasteiger partial charge >= 0.3 is 13.8 Å². The second kappa shape index (κ2) is 47.0. The fourth-order valence-electron chi connectivity index (χ4n) is 6.41. The number of nitrogens with two attached hydrogens (primary N) is 1. The molecule has 2 atom stereocenters. The molecule has 0 aromatic heterocycles. The maximum atomic E-state index is 12.6. The van der Waals surface area contributed by atoms with Gasteiger partial charge in [-0.1, -0.05) is 202 Å². The summed E-state index contributed by atoms with van der Waals surface area (Å²) in [5, 5.41) is 0. The molecule has 0 aliphatic carbocycles. The Labute approximate surface area is 363 Å². The molecule has 3 N–H and O–H groups in total. The third-order valence-corrected chi connectivity index (χ3v) is 10.9. The number of phosphoric acid groups is 1. The zero-order valence-electron chi connectivity index (χ0n) is 38.0. The van der Waals surface area contributed by atoms with E-state index in [4.69, 9.17) is 24.3 Å². The smallest absolute Gasteiger partial charge is 0.457 e. The highest BCUT2D eigenvalue weighted by molar-refractivity contribution is 7.47. The van der Waals surface area contributed by atoms with Crippen molar-refractivity contribution in [2.24, 2.45) is 5.73 Å². The number of hydrogen-bond donors (Lipinski definition) is 2. The molecule has 0 aliphatic heterocycles. The maximum absolute atomic E-state index is 12.6. The van der Waals surface area contributed by atoms with Crippen molar-refractivity contribution in [2.75, 3.05) is 33.0 Å². The van der Waals surface area contributed by atoms with Crippen molar-refractivity contribution in [1.82, 2.24) is 0 Å². The average molecular weight is 848 g/mol. The summed E-state index contributed by atoms with van der Waals surface area (Å²) in [6.07, 6.45) is 59.3. The van der Waals surface area contributed by atoms with Crippen LogP contribution >= 0.6 is 7.82 Å². The van der Waals surface area contributed by atoms with E-state index in [1.165, 1.54) is 96.3 Å². The standard InChI is InChI=1S/C50H90NO7P/c1-3-5-7-9-11-13-15-17-19-20-21-22-23-24-25-26-27-28-29-30-32-34-36-38-40-42-45-55-47-49(48-57-59(53,54)56-46-44-51)58-50(52)43-41-39-37-35-33-31-18-16-14-12-10-8-6-4-2/h5,7,11,13,17,19,21-22,24-25,27-28,49H,3-4,6,8-10,12,14-16,18,20,23,26,29-48,51H2,1-2H3,(H,53,54)/b7-5-,13-11-,19-17-,22-21-,25-24-,28-27-. The number of carbonyl (C=O) groups excluding carboxylic acids is 1. The molecule has 0 aliphatic rings. The molecule has 0 aromatic carbocycles. The number of unbranched alkanes of at least 4 members (excludes halogenated alkanes) is 20. The molecule has 0 bridgehead atoms. The van der Waals surface area contributed by atoms with Gasteiger partial charge in [0.05, 0.1) is 19.8 Å². The minimum Gasteiger partial charge on any atom is -0.457 e. The molecule has 342 valence electrons. The Bertz CT molecular complexity index is 1130. The van der Waals surface area contributed by atoms with Crippen molar-refractivity contribution >= 4 is 13.8 Å². The number of allylic oxidation sites excluding steroid dienone is 12. The summed E-state index contributed by atoms with van der Waals surface area (Å²) in [5.74, 6) is -0.336. The topological polar surface area (TPSA) is 117 Å². The van der Waals surface area contributed by atoms with Gasteiger partial charge in [-0.25, -0.2) is 4.57 Å². The summed E-state index contributed by atoms with van der Waals surface area (Å²) >= 11 is 0. The normalized spacial score (nSPS) is 14.0. The SMILES string of the molecule is CC/C=C\C/C=C\C/C=C\C/C=C\C/C=C\C/C=C\CCCCCCCCCOCC(COP(=O)(O)OCCN)OC(=O)CCCCCCCCCCCCCCCC. The number of rotatable bonds is 45. The van der Waals surface area contributed by atoms with Gasteiger partial charge < -0.3 is 20.1 Å². The first-order valence-corrected chi connectivity index (χ1v) is 25.4. The van der Waals surface area contributed by atoms with E-state index in [0.717, 1.165) is 83.5 Å². The zero-order chi connectivity index (χ0) is 43.0. The monoisotopic (exact) mass is 848 g/mol. The van der Waals surface area contributed by atoms with Gasteiger partial charge in [-0.05, 0) is 64.2 Å². The van der Waals surface area contributed by atoms with Gasteiger partial charge in [-0.3, -0.25) is 13.8 Å². The first-order chi connectivity index (χ1) is 28.9. The molecule has 59 heavy (non-hydrogen) atoms. The number of hydrogen-bond acceptors (Lipinski definition) is 7. The van der Waals surface area contributed by atoms with E-state index in [-0.39, 0.29) is 32.3 Å². The summed E-state index contributed by atoms with van der Waals surface area (Å²) in [6.45, 7) is 4.78. The van der Waals surface area contributed by atoms with Crippen molar-refractivity contribution in [1.29, 1.82) is 0 Å². The summed E-state index contributed by atoms with van der Waals surface area (Å²) in [6, 6.07) is 0. The van der Waals surface area contributed by atoms with Crippen LogP contribution in [0.4, 0.5) is 0 Å². The summed E-state index contributed by atoms with van der Waals surface area (Å²) in [5.41, 5.74) is 5.38. The van der Waals surface area contributed by atoms with Gasteiger partial charge in [0.15, 0.2) is 0 Å². The van der Waals surface area contributed by atoms with E-state index in [0.29, 0.717) is 13.0 Å². The van der Waals surface area contributed by atoms with Crippen molar-refractivity contribution in [2.45, 2.75) is 206 Å². The van der Waals surface area contributed by atoms with Crippen LogP contribution in [0.15, 0.2) is 72.9 Å². The first kappa shape index (κ1) is 56.9. The fourth-order valence-corrected chi connectivity index (χ4v) is 7.18. The van der Waals surface area contributed by atoms with E-state index < -0.39 is 13.9 Å². The molecule has 0 saturated heterocycles. The largest absolute Gasteiger partial charge is 0.472 e. The van der Waals surface area contributed by atoms with Gasteiger partial charge in [0.25, 0.3) is 0 Å². The quantitative estimate of drug-likeness (QED) is 0.0269. The molecule has 9 heteroatoms. The Morgan fingerprint density at radius 1 is 0.525 bits per heavy atom. The molecule has 0 radical (unpaired) electrons. The number of esters is 1. The van der Waals surface area contributed by atoms with Gasteiger partial charge in [-0.15, -0.1) is 0 Å². The highest BCUT2D eigenvalue weighted by Gasteiger charge is 2.25. The van der Waals surface area contributed by atoms with E-state index in [9.17, 15) is 14.3 Å². The Morgan fingerprint density at radius 2 is 0.949 bits per heavy atom. The van der Waals surface area contributed by atoms with Crippen molar-refractivity contribution < 1.29 is 32.8 Å². The van der Waals surface area contributed by atoms with E-state index in [1.807, 2.05) is 0 Å². The fraction of sp³-hybridized carbons (Fsp3) is 0.740. The predicted octanol–water partition coefficient (Wildman–Crippen LogP) is 14.7. The summed E-state index contributed by atoms with van der Waals surface area (Å²) in [7, 11) is -4.28. The van der Waals surface area contributed by atoms with Gasteiger partial charge in [0.1, 0.15) is 6.10 Å². The Balaban J connectivity index is 3.99. The van der Waals surface area contributed by atoms with Crippen LogP contribution in [0.2, 0.25) is 0 Å². The van der Waals surface area contributed by atoms with Crippen LogP contribution in [0.5, 0.6) is 0 Å². The minimum atomic E-state index is -4.28. The molecule has 0 aromatic rings. The van der Waals surface area contributed by atoms with Gasteiger partial charge in [-0.2, -0.15) is 0 Å². The van der Waals surface area contributed by atoms with Crippen LogP contribution < -0.4 is 5.73 Å². The first-order valence-electron chi connectivity index (χ1n) is 23.9. The summed E-state index contributed by atoms with van der Waals surface area (Å²) in [4.78, 5) is 22.5. The summed E-state index contributed by atoms with van der Waals surface area (Å²) < 4.78 is 33.5. The highest BCUT2D eigenvalue weighted by Crippen LogP contribution is 2.43. The molecule has 8 nitrogen and oxygen atoms in total. The van der Waals surface area contributed by atoms with E-state index in [2.05, 4.69) is 86.8 Å². The molecule has 0 heterocycles. The zero-order valence-corrected chi connectivity index (χ0v) is 38.9. The van der Waals surface area contributed by atoms with Crippen LogP contribution in [0.1, 0.15) is 200 Å². The lowest BCUT2D eigenvalue weighted by Crippen LogP contribution is -2.28. The Kier molecular flexibility index (Phi) is 45.4. The second-order valence-electron chi connectivity index (χ2n) is 15.6. The Morgan fingerprint density at radius 3 is 1.42 bits per heavy atom. The van der Waals surface area contributed by atoms with Gasteiger partial charge in [0.2, 0.25) is 0 Å². The molecule has 2 unspecified atom stereocenters. The molecular formula is C50H90NO7P. The number of phosphoric ester groups is 1. The van der Waals surface area contributed by atoms with Crippen molar-refractivity contribution in [3.63, 3.8) is 0 Å². The predicted molar refractivity (Wildman–Crippen MR) is 252 cm³/mol. The molecule has 0 rings (SSSR count). The Hall–Kier alpha value is -2.06. The van der Waals surface area contributed by atoms with Crippen molar-refractivity contribution in [3.05, 3.63) is 72.9 Å². The third kappa shape index (κ3) is 46.9. The molecule has 0 amide bonds. The average Bonchev–Trinajstić information content (AvgIpc) is 3.23. The van der Waals surface area contributed by atoms with Crippen LogP contribution in [-0.2, 0) is 27.9 Å². The maximum Gasteiger partial charge on any atom is 0.472 e. The molecule has 0 spiro atoms. The van der Waals surface area contributed by atoms with E-state index in [1.54, 1.807) is 0 Å². The second-order valence-corrected chi connectivity index (χ2v) is 17.1. The van der Waals surface area contributed by atoms with Crippen molar-refractivity contribution in [3.8, 4) is 0 Å². The number of carbonyl (C=O) groups is 1. The van der Waals surface area contributed by atoms with Gasteiger partial charge in [0, 0.05) is 19.6 Å². The van der Waals surface area contributed by atoms with Crippen LogP contribution in [0.3, 0.4) is 0 Å². The van der Waals surface area contributed by atoms with Crippen LogP contribution in [-0.4, -0.2) is 49.9 Å². The van der Waals surface area contributed by atoms with E-state index >= 15 is 0 Å². The highest BCUT2D eigenvalue weighted by atomic mass is 31.2. The third-order valence-electron chi connectivity index (χ3n) is 9.89. The van der Waals surface area contributed by atoms with Crippen LogP contribution in [0, 0.1) is 0 Å². The molecule has 0 fully saturated rings. The minimum absolute atomic E-state index is 0.0962. The molecular weight excluding hydrogens is 758 g/mol. The molecule has 0 saturated carbocycles. The lowest BCUT2D eigenvalue weighted by atomic mass is 10.0. The lowest BCUT2D eigenvalue weighted by molar-refractivity contribution is -0.154. The lowest BCUT2D eigenvalue weighted by Gasteiger charge is -2.20. The van der Waals surface area contributed by atoms with Crippen LogP contribution in [0.25, 0.3) is 0 Å².